The van der Waals surface area contributed by atoms with Crippen LogP contribution in [0.1, 0.15) is 35.1 Å². The number of hydrogen-bond donors (Lipinski definition) is 2. The van der Waals surface area contributed by atoms with Crippen LogP contribution >= 0.6 is 11.3 Å². The monoisotopic (exact) mass is 379 g/mol. The van der Waals surface area contributed by atoms with E-state index in [-0.39, 0.29) is 25.2 Å². The topological polar surface area (TPSA) is 58.6 Å². The lowest BCUT2D eigenvalue weighted by Crippen LogP contribution is -2.30. The van der Waals surface area contributed by atoms with Gasteiger partial charge in [-0.05, 0) is 51.1 Å². The largest absolute Gasteiger partial charge is 0.449 e. The summed E-state index contributed by atoms with van der Waals surface area (Å²) in [6, 6.07) is 18.2. The van der Waals surface area contributed by atoms with Crippen LogP contribution in [0.5, 0.6) is 0 Å². The van der Waals surface area contributed by atoms with Gasteiger partial charge in [0.1, 0.15) is 6.61 Å². The molecule has 0 spiro atoms. The molecule has 1 unspecified atom stereocenters. The van der Waals surface area contributed by atoms with E-state index in [9.17, 15) is 9.90 Å². The van der Waals surface area contributed by atoms with Crippen molar-refractivity contribution in [3.8, 4) is 11.1 Å². The maximum absolute atomic E-state index is 12.4. The van der Waals surface area contributed by atoms with Gasteiger partial charge >= 0.3 is 6.09 Å². The smallest absolute Gasteiger partial charge is 0.407 e. The molecule has 1 heterocycles. The molecule has 4 nitrogen and oxygen atoms in total. The zero-order valence-electron chi connectivity index (χ0n) is 14.8. The van der Waals surface area contributed by atoms with Gasteiger partial charge in [0.2, 0.25) is 0 Å². The van der Waals surface area contributed by atoms with Gasteiger partial charge in [-0.25, -0.2) is 4.79 Å². The predicted molar refractivity (Wildman–Crippen MR) is 107 cm³/mol. The molecule has 1 aromatic heterocycles. The SMILES string of the molecule is O=C(NC(CCO)c1ccsc1)OCC1c2ccccc2-c2ccccc21. The number of carbonyl (C=O) groups is 1. The number of fused-ring (bicyclic) bond motifs is 3. The molecule has 0 saturated heterocycles. The third-order valence-corrected chi connectivity index (χ3v) is 5.70. The Labute approximate surface area is 162 Å². The molecule has 1 amide bonds. The molecule has 0 radical (unpaired) electrons. The number of ether oxygens (including phenoxy) is 1. The highest BCUT2D eigenvalue weighted by molar-refractivity contribution is 7.07. The molecule has 0 fully saturated rings. The average molecular weight is 379 g/mol. The van der Waals surface area contributed by atoms with Crippen molar-refractivity contribution in [3.05, 3.63) is 82.0 Å². The Morgan fingerprint density at radius 1 is 1.07 bits per heavy atom. The molecule has 138 valence electrons. The van der Waals surface area contributed by atoms with E-state index in [1.807, 2.05) is 41.1 Å². The molecule has 5 heteroatoms. The first-order valence-electron chi connectivity index (χ1n) is 9.02. The molecule has 1 aliphatic rings. The standard InChI is InChI=1S/C22H21NO3S/c24-11-9-21(15-10-12-27-14-15)23-22(25)26-13-20-18-7-3-1-5-16(18)17-6-2-4-8-19(17)20/h1-8,10,12,14,20-21,24H,9,11,13H2,(H,23,25). The average Bonchev–Trinajstić information content (AvgIpc) is 3.33. The summed E-state index contributed by atoms with van der Waals surface area (Å²) in [6.07, 6.45) is 0.00232. The Bertz CT molecular complexity index is 877. The number of amides is 1. The van der Waals surface area contributed by atoms with Crippen LogP contribution in [0.3, 0.4) is 0 Å². The van der Waals surface area contributed by atoms with Crippen LogP contribution in [0.15, 0.2) is 65.4 Å². The Morgan fingerprint density at radius 2 is 1.74 bits per heavy atom. The van der Waals surface area contributed by atoms with Crippen molar-refractivity contribution in [2.75, 3.05) is 13.2 Å². The van der Waals surface area contributed by atoms with Gasteiger partial charge in [-0.2, -0.15) is 11.3 Å². The van der Waals surface area contributed by atoms with E-state index in [1.165, 1.54) is 22.3 Å². The molecule has 27 heavy (non-hydrogen) atoms. The van der Waals surface area contributed by atoms with Gasteiger partial charge in [0.25, 0.3) is 0 Å². The summed E-state index contributed by atoms with van der Waals surface area (Å²) >= 11 is 1.57. The van der Waals surface area contributed by atoms with Gasteiger partial charge in [0.15, 0.2) is 0 Å². The van der Waals surface area contributed by atoms with E-state index in [2.05, 4.69) is 29.6 Å². The Kier molecular flexibility index (Phi) is 5.23. The summed E-state index contributed by atoms with van der Waals surface area (Å²) in [7, 11) is 0. The van der Waals surface area contributed by atoms with Crippen molar-refractivity contribution in [1.82, 2.24) is 5.32 Å². The van der Waals surface area contributed by atoms with Gasteiger partial charge in [0.05, 0.1) is 6.04 Å². The molecule has 0 saturated carbocycles. The minimum atomic E-state index is -0.457. The van der Waals surface area contributed by atoms with Crippen LogP contribution in [0.2, 0.25) is 0 Å². The van der Waals surface area contributed by atoms with Crippen LogP contribution in [0, 0.1) is 0 Å². The number of carbonyl (C=O) groups excluding carboxylic acids is 1. The molecule has 3 aromatic rings. The number of nitrogens with one attached hydrogen (secondary N) is 1. The normalized spacial score (nSPS) is 13.7. The lowest BCUT2D eigenvalue weighted by atomic mass is 9.98. The lowest BCUT2D eigenvalue weighted by Gasteiger charge is -2.19. The highest BCUT2D eigenvalue weighted by Gasteiger charge is 2.29. The molecule has 2 aromatic carbocycles. The summed E-state index contributed by atoms with van der Waals surface area (Å²) in [5, 5.41) is 16.1. The van der Waals surface area contributed by atoms with Crippen molar-refractivity contribution in [1.29, 1.82) is 0 Å². The number of benzene rings is 2. The first-order chi connectivity index (χ1) is 13.3. The molecular formula is C22H21NO3S. The van der Waals surface area contributed by atoms with E-state index in [0.717, 1.165) is 5.56 Å². The minimum Gasteiger partial charge on any atom is -0.449 e. The Morgan fingerprint density at radius 3 is 2.33 bits per heavy atom. The number of aliphatic hydroxyl groups is 1. The molecule has 4 rings (SSSR count). The predicted octanol–water partition coefficient (Wildman–Crippen LogP) is 4.71. The third kappa shape index (κ3) is 3.61. The van der Waals surface area contributed by atoms with E-state index >= 15 is 0 Å². The fourth-order valence-corrected chi connectivity index (χ4v) is 4.42. The summed E-state index contributed by atoms with van der Waals surface area (Å²) in [6.45, 7) is 0.291. The zero-order chi connectivity index (χ0) is 18.6. The van der Waals surface area contributed by atoms with Crippen LogP contribution in [0.25, 0.3) is 11.1 Å². The van der Waals surface area contributed by atoms with Crippen molar-refractivity contribution >= 4 is 17.4 Å². The maximum Gasteiger partial charge on any atom is 0.407 e. The quantitative estimate of drug-likeness (QED) is 0.652. The summed E-state index contributed by atoms with van der Waals surface area (Å²) in [5.74, 6) is 0.0422. The number of aliphatic hydroxyl groups excluding tert-OH is 1. The second-order valence-corrected chi connectivity index (χ2v) is 7.37. The van der Waals surface area contributed by atoms with Gasteiger partial charge in [0, 0.05) is 12.5 Å². The van der Waals surface area contributed by atoms with E-state index in [4.69, 9.17) is 4.74 Å². The van der Waals surface area contributed by atoms with Gasteiger partial charge in [-0.3, -0.25) is 0 Å². The summed E-state index contributed by atoms with van der Waals surface area (Å²) < 4.78 is 5.59. The number of thiophene rings is 1. The van der Waals surface area contributed by atoms with Crippen LogP contribution < -0.4 is 5.32 Å². The summed E-state index contributed by atoms with van der Waals surface area (Å²) in [4.78, 5) is 12.4. The van der Waals surface area contributed by atoms with Crippen LogP contribution in [0.4, 0.5) is 4.79 Å². The molecule has 1 aliphatic carbocycles. The van der Waals surface area contributed by atoms with Gasteiger partial charge < -0.3 is 15.2 Å². The number of rotatable bonds is 6. The van der Waals surface area contributed by atoms with Crippen molar-refractivity contribution < 1.29 is 14.6 Å². The molecule has 2 N–H and O–H groups in total. The molecule has 0 bridgehead atoms. The van der Waals surface area contributed by atoms with Gasteiger partial charge in [-0.1, -0.05) is 48.5 Å². The highest BCUT2D eigenvalue weighted by atomic mass is 32.1. The maximum atomic E-state index is 12.4. The van der Waals surface area contributed by atoms with Crippen molar-refractivity contribution in [2.24, 2.45) is 0 Å². The fourth-order valence-electron chi connectivity index (χ4n) is 3.71. The lowest BCUT2D eigenvalue weighted by molar-refractivity contribution is 0.136. The minimum absolute atomic E-state index is 0.00414. The zero-order valence-corrected chi connectivity index (χ0v) is 15.6. The number of alkyl carbamates (subject to hydrolysis) is 1. The van der Waals surface area contributed by atoms with E-state index in [1.54, 1.807) is 11.3 Å². The fraction of sp³-hybridized carbons (Fsp3) is 0.227. The Balaban J connectivity index is 1.46. The van der Waals surface area contributed by atoms with Crippen molar-refractivity contribution in [2.45, 2.75) is 18.4 Å². The molecule has 1 atom stereocenters. The first kappa shape index (κ1) is 17.8. The molecular weight excluding hydrogens is 358 g/mol. The van der Waals surface area contributed by atoms with Crippen LogP contribution in [-0.4, -0.2) is 24.4 Å². The van der Waals surface area contributed by atoms with Crippen LogP contribution in [-0.2, 0) is 4.74 Å². The van der Waals surface area contributed by atoms with Gasteiger partial charge in [-0.15, -0.1) is 0 Å². The summed E-state index contributed by atoms with van der Waals surface area (Å²) in [5.41, 5.74) is 5.78. The second kappa shape index (κ2) is 7.94. The van der Waals surface area contributed by atoms with Crippen molar-refractivity contribution in [3.63, 3.8) is 0 Å². The molecule has 0 aliphatic heterocycles. The second-order valence-electron chi connectivity index (χ2n) is 6.59. The van der Waals surface area contributed by atoms with E-state index in [0.29, 0.717) is 6.42 Å². The van der Waals surface area contributed by atoms with E-state index < -0.39 is 6.09 Å². The first-order valence-corrected chi connectivity index (χ1v) is 9.96. The third-order valence-electron chi connectivity index (χ3n) is 5.00. The number of hydrogen-bond acceptors (Lipinski definition) is 4. The Hall–Kier alpha value is -2.63. The highest BCUT2D eigenvalue weighted by Crippen LogP contribution is 2.44.